The number of benzene rings is 1. The van der Waals surface area contributed by atoms with Crippen molar-refractivity contribution in [2.75, 3.05) is 27.2 Å². The largest absolute Gasteiger partial charge is 0.497 e. The molecule has 0 saturated heterocycles. The molecule has 1 aromatic rings. The molecule has 20 heavy (non-hydrogen) atoms. The molecular weight excluding hydrogens is 268 g/mol. The first-order chi connectivity index (χ1) is 9.57. The Morgan fingerprint density at radius 1 is 1.45 bits per heavy atom. The van der Waals surface area contributed by atoms with Crippen LogP contribution in [0.4, 0.5) is 8.92 Å². The van der Waals surface area contributed by atoms with E-state index in [1.54, 1.807) is 0 Å². The van der Waals surface area contributed by atoms with Crippen molar-refractivity contribution in [3.8, 4) is 11.5 Å². The topological polar surface area (TPSA) is 38.8 Å². The second-order valence-electron chi connectivity index (χ2n) is 4.55. The van der Waals surface area contributed by atoms with Crippen molar-refractivity contribution in [2.24, 2.45) is 0 Å². The van der Waals surface area contributed by atoms with Gasteiger partial charge in [0, 0.05) is 41.1 Å². The Morgan fingerprint density at radius 3 is 2.65 bits per heavy atom. The van der Waals surface area contributed by atoms with Gasteiger partial charge in [-0.1, -0.05) is 6.92 Å². The van der Waals surface area contributed by atoms with E-state index >= 15 is 0 Å². The molecule has 0 saturated carbocycles. The minimum absolute atomic E-state index is 0.0562. The lowest BCUT2D eigenvalue weighted by molar-refractivity contribution is -0.108. The first-order valence-corrected chi connectivity index (χ1v) is 6.35. The summed E-state index contributed by atoms with van der Waals surface area (Å²) >= 11 is 0. The first kappa shape index (κ1) is 16.4. The smallest absolute Gasteiger partial charge is 0.182 e. The van der Waals surface area contributed by atoms with Gasteiger partial charge in [-0.2, -0.15) is 0 Å². The number of aldehydes is 1. The van der Waals surface area contributed by atoms with Gasteiger partial charge in [-0.3, -0.25) is 4.94 Å². The molecule has 1 atom stereocenters. The average molecular weight is 287 g/mol. The summed E-state index contributed by atoms with van der Waals surface area (Å²) in [5.74, 6) is -1.21. The third-order valence-electron chi connectivity index (χ3n) is 3.24. The number of methoxy groups -OCH3 is 1. The van der Waals surface area contributed by atoms with Crippen LogP contribution in [0.3, 0.4) is 0 Å². The van der Waals surface area contributed by atoms with Crippen molar-refractivity contribution in [3.05, 3.63) is 23.5 Å². The van der Waals surface area contributed by atoms with Gasteiger partial charge in [0.25, 0.3) is 0 Å². The van der Waals surface area contributed by atoms with Gasteiger partial charge in [-0.05, 0) is 13.6 Å². The van der Waals surface area contributed by atoms with Crippen molar-refractivity contribution in [1.29, 1.82) is 0 Å². The fraction of sp³-hybridized carbons (Fsp3) is 0.500. The minimum atomic E-state index is -0.645. The number of nitrogens with zero attached hydrogens (tertiary/aromatic N) is 1. The van der Waals surface area contributed by atoms with Crippen molar-refractivity contribution >= 4 is 6.29 Å². The molecule has 0 N–H and O–H groups in total. The zero-order valence-electron chi connectivity index (χ0n) is 11.9. The Morgan fingerprint density at radius 2 is 2.15 bits per heavy atom. The molecule has 0 spiro atoms. The maximum atomic E-state index is 14.2. The van der Waals surface area contributed by atoms with E-state index in [-0.39, 0.29) is 23.5 Å². The molecule has 1 aromatic carbocycles. The van der Waals surface area contributed by atoms with Gasteiger partial charge in [-0.15, -0.1) is 0 Å². The van der Waals surface area contributed by atoms with Crippen LogP contribution in [0.15, 0.2) is 12.1 Å². The SMILES string of the molecule is CCN(C)CC(CC=O)c1c(F)cc(OC)cc1OF. The molecule has 0 aliphatic heterocycles. The first-order valence-electron chi connectivity index (χ1n) is 6.35. The molecule has 0 aliphatic carbocycles. The van der Waals surface area contributed by atoms with E-state index in [1.165, 1.54) is 13.2 Å². The van der Waals surface area contributed by atoms with Crippen molar-refractivity contribution < 1.29 is 23.4 Å². The fourth-order valence-corrected chi connectivity index (χ4v) is 2.05. The summed E-state index contributed by atoms with van der Waals surface area (Å²) in [6, 6.07) is 2.42. The zero-order valence-corrected chi connectivity index (χ0v) is 11.9. The van der Waals surface area contributed by atoms with Gasteiger partial charge in [-0.25, -0.2) is 4.39 Å². The molecule has 0 heterocycles. The molecule has 0 fully saturated rings. The summed E-state index contributed by atoms with van der Waals surface area (Å²) < 4.78 is 31.7. The maximum Gasteiger partial charge on any atom is 0.182 e. The monoisotopic (exact) mass is 287 g/mol. The summed E-state index contributed by atoms with van der Waals surface area (Å²) in [6.07, 6.45) is 0.782. The standard InChI is InChI=1S/C14H19F2NO3/c1-4-17(2)9-10(5-6-18)14-12(15)7-11(19-3)8-13(14)20-16/h6-8,10H,4-5,9H2,1-3H3. The van der Waals surface area contributed by atoms with Gasteiger partial charge in [0.1, 0.15) is 17.9 Å². The number of halogens is 2. The van der Waals surface area contributed by atoms with Gasteiger partial charge in [0.15, 0.2) is 5.75 Å². The highest BCUT2D eigenvalue weighted by Crippen LogP contribution is 2.35. The minimum Gasteiger partial charge on any atom is -0.497 e. The number of ether oxygens (including phenoxy) is 1. The van der Waals surface area contributed by atoms with E-state index in [4.69, 9.17) is 4.74 Å². The summed E-state index contributed by atoms with van der Waals surface area (Å²) in [6.45, 7) is 3.10. The maximum absolute atomic E-state index is 14.2. The predicted octanol–water partition coefficient (Wildman–Crippen LogP) is 2.72. The van der Waals surface area contributed by atoms with Crippen LogP contribution in [0.25, 0.3) is 0 Å². The quantitative estimate of drug-likeness (QED) is 0.689. The van der Waals surface area contributed by atoms with Gasteiger partial charge in [0.05, 0.1) is 7.11 Å². The van der Waals surface area contributed by atoms with Crippen LogP contribution in [0, 0.1) is 5.82 Å². The normalized spacial score (nSPS) is 12.3. The second kappa shape index (κ2) is 7.79. The molecule has 1 rings (SSSR count). The molecule has 112 valence electrons. The third kappa shape index (κ3) is 3.90. The van der Waals surface area contributed by atoms with E-state index < -0.39 is 11.7 Å². The van der Waals surface area contributed by atoms with E-state index in [1.807, 2.05) is 18.9 Å². The predicted molar refractivity (Wildman–Crippen MR) is 71.3 cm³/mol. The Kier molecular flexibility index (Phi) is 6.38. The van der Waals surface area contributed by atoms with Gasteiger partial charge in [0.2, 0.25) is 0 Å². The summed E-state index contributed by atoms with van der Waals surface area (Å²) in [7, 11) is 3.19. The van der Waals surface area contributed by atoms with E-state index in [0.29, 0.717) is 12.8 Å². The van der Waals surface area contributed by atoms with Gasteiger partial charge >= 0.3 is 0 Å². The van der Waals surface area contributed by atoms with E-state index in [9.17, 15) is 13.7 Å². The Labute approximate surface area is 117 Å². The number of hydrogen-bond donors (Lipinski definition) is 0. The molecule has 0 bridgehead atoms. The average Bonchev–Trinajstić information content (AvgIpc) is 2.45. The van der Waals surface area contributed by atoms with Crippen molar-refractivity contribution in [1.82, 2.24) is 4.90 Å². The van der Waals surface area contributed by atoms with E-state index in [0.717, 1.165) is 12.6 Å². The van der Waals surface area contributed by atoms with Crippen LogP contribution >= 0.6 is 0 Å². The van der Waals surface area contributed by atoms with Crippen LogP contribution in [0.5, 0.6) is 11.5 Å². The van der Waals surface area contributed by atoms with Crippen LogP contribution in [0.1, 0.15) is 24.8 Å². The number of rotatable bonds is 8. The third-order valence-corrected chi connectivity index (χ3v) is 3.24. The molecule has 6 heteroatoms. The van der Waals surface area contributed by atoms with Crippen LogP contribution in [0.2, 0.25) is 0 Å². The summed E-state index contributed by atoms with van der Waals surface area (Å²) in [4.78, 5) is 16.5. The Balaban J connectivity index is 3.20. The molecule has 0 aliphatic rings. The fourth-order valence-electron chi connectivity index (χ4n) is 2.05. The number of hydrogen-bond acceptors (Lipinski definition) is 4. The second-order valence-corrected chi connectivity index (χ2v) is 4.55. The Bertz CT molecular complexity index is 454. The highest BCUT2D eigenvalue weighted by molar-refractivity contribution is 5.54. The lowest BCUT2D eigenvalue weighted by atomic mass is 9.94. The van der Waals surface area contributed by atoms with E-state index in [2.05, 4.69) is 4.94 Å². The highest BCUT2D eigenvalue weighted by Gasteiger charge is 2.24. The lowest BCUT2D eigenvalue weighted by Gasteiger charge is -2.23. The number of likely N-dealkylation sites (N-methyl/N-ethyl adjacent to an activating group) is 1. The summed E-state index contributed by atoms with van der Waals surface area (Å²) in [5.41, 5.74) is 0.0562. The van der Waals surface area contributed by atoms with Crippen LogP contribution < -0.4 is 9.68 Å². The van der Waals surface area contributed by atoms with Crippen molar-refractivity contribution in [2.45, 2.75) is 19.3 Å². The number of carbonyl (C=O) groups excluding carboxylic acids is 1. The molecule has 0 amide bonds. The molecule has 4 nitrogen and oxygen atoms in total. The zero-order chi connectivity index (χ0) is 15.1. The lowest BCUT2D eigenvalue weighted by Crippen LogP contribution is -2.25. The van der Waals surface area contributed by atoms with Crippen molar-refractivity contribution in [3.63, 3.8) is 0 Å². The Hall–Kier alpha value is -1.69. The highest BCUT2D eigenvalue weighted by atomic mass is 19.3. The van der Waals surface area contributed by atoms with Crippen LogP contribution in [-0.4, -0.2) is 38.4 Å². The summed E-state index contributed by atoms with van der Waals surface area (Å²) in [5, 5.41) is 0. The van der Waals surface area contributed by atoms with Crippen LogP contribution in [-0.2, 0) is 4.79 Å². The van der Waals surface area contributed by atoms with Gasteiger partial charge < -0.3 is 14.4 Å². The number of carbonyl (C=O) groups is 1. The molecular formula is C14H19F2NO3. The molecule has 0 aromatic heterocycles. The molecule has 0 radical (unpaired) electrons. The molecule has 1 unspecified atom stereocenters.